The second kappa shape index (κ2) is 7.46. The maximum absolute atomic E-state index is 11.5. The number of methoxy groups -OCH3 is 1. The van der Waals surface area contributed by atoms with Crippen LogP contribution in [0.25, 0.3) is 0 Å². The van der Waals surface area contributed by atoms with E-state index < -0.39 is 0 Å². The van der Waals surface area contributed by atoms with E-state index in [-0.39, 0.29) is 11.7 Å². The summed E-state index contributed by atoms with van der Waals surface area (Å²) in [6.07, 6.45) is 2.52. The molecular weight excluding hydrogens is 242 g/mol. The molecule has 0 amide bonds. The molecule has 4 nitrogen and oxygen atoms in total. The number of hydrogen-bond donors (Lipinski definition) is 1. The van der Waals surface area contributed by atoms with Gasteiger partial charge in [0, 0.05) is 30.4 Å². The summed E-state index contributed by atoms with van der Waals surface area (Å²) in [6.45, 7) is 5.35. The Morgan fingerprint density at radius 1 is 1.42 bits per heavy atom. The molecule has 104 valence electrons. The minimum absolute atomic E-state index is 0.239. The number of anilines is 1. The minimum atomic E-state index is -0.283. The molecule has 0 saturated carbocycles. The molecule has 1 N–H and O–H groups in total. The monoisotopic (exact) mass is 263 g/mol. The van der Waals surface area contributed by atoms with Crippen LogP contribution in [-0.4, -0.2) is 31.3 Å². The molecule has 4 heteroatoms. The smallest absolute Gasteiger partial charge is 0.333 e. The predicted molar refractivity (Wildman–Crippen MR) is 76.4 cm³/mol. The van der Waals surface area contributed by atoms with Crippen molar-refractivity contribution in [2.45, 2.75) is 20.3 Å². The summed E-state index contributed by atoms with van der Waals surface area (Å²) in [4.78, 5) is 13.6. The number of phenols is 1. The van der Waals surface area contributed by atoms with Crippen molar-refractivity contribution in [1.82, 2.24) is 0 Å². The van der Waals surface area contributed by atoms with Gasteiger partial charge in [-0.2, -0.15) is 0 Å². The van der Waals surface area contributed by atoms with Gasteiger partial charge in [0.05, 0.1) is 7.11 Å². The van der Waals surface area contributed by atoms with Crippen molar-refractivity contribution in [3.05, 3.63) is 35.9 Å². The van der Waals surface area contributed by atoms with E-state index in [9.17, 15) is 9.90 Å². The zero-order valence-electron chi connectivity index (χ0n) is 11.7. The van der Waals surface area contributed by atoms with Gasteiger partial charge in [-0.25, -0.2) is 4.79 Å². The highest BCUT2D eigenvalue weighted by molar-refractivity contribution is 5.88. The molecule has 1 rings (SSSR count). The second-order valence-electron chi connectivity index (χ2n) is 4.13. The zero-order chi connectivity index (χ0) is 14.3. The molecule has 0 aliphatic carbocycles. The van der Waals surface area contributed by atoms with E-state index in [1.807, 2.05) is 26.0 Å². The molecule has 0 radical (unpaired) electrons. The highest BCUT2D eigenvalue weighted by Crippen LogP contribution is 2.20. The molecule has 0 unspecified atom stereocenters. The first-order valence-electron chi connectivity index (χ1n) is 6.43. The fraction of sp³-hybridized carbons (Fsp3) is 0.400. The lowest BCUT2D eigenvalue weighted by Crippen LogP contribution is -2.23. The van der Waals surface area contributed by atoms with Crippen LogP contribution in [0.3, 0.4) is 0 Å². The van der Waals surface area contributed by atoms with Crippen LogP contribution in [0.1, 0.15) is 20.3 Å². The SMILES string of the molecule is CC/C(=C/CN(CC)c1cccc(O)c1)C(=O)OC. The summed E-state index contributed by atoms with van der Waals surface area (Å²) in [5.41, 5.74) is 1.60. The lowest BCUT2D eigenvalue weighted by atomic mass is 10.2. The maximum Gasteiger partial charge on any atom is 0.333 e. The molecular formula is C15H21NO3. The van der Waals surface area contributed by atoms with Crippen LogP contribution in [0.15, 0.2) is 35.9 Å². The highest BCUT2D eigenvalue weighted by Gasteiger charge is 2.08. The topological polar surface area (TPSA) is 49.8 Å². The largest absolute Gasteiger partial charge is 0.508 e. The molecule has 0 saturated heterocycles. The number of hydrogen-bond acceptors (Lipinski definition) is 4. The number of aromatic hydroxyl groups is 1. The maximum atomic E-state index is 11.5. The van der Waals surface area contributed by atoms with Crippen molar-refractivity contribution < 1.29 is 14.6 Å². The average molecular weight is 263 g/mol. The van der Waals surface area contributed by atoms with E-state index in [4.69, 9.17) is 4.74 Å². The van der Waals surface area contributed by atoms with Crippen molar-refractivity contribution in [3.8, 4) is 5.75 Å². The van der Waals surface area contributed by atoms with E-state index in [2.05, 4.69) is 4.90 Å². The molecule has 0 aliphatic rings. The lowest BCUT2D eigenvalue weighted by Gasteiger charge is -2.22. The van der Waals surface area contributed by atoms with E-state index >= 15 is 0 Å². The van der Waals surface area contributed by atoms with Gasteiger partial charge >= 0.3 is 5.97 Å². The number of benzene rings is 1. The Bertz CT molecular complexity index is 454. The molecule has 19 heavy (non-hydrogen) atoms. The number of esters is 1. The molecule has 0 fully saturated rings. The number of phenolic OH excluding ortho intramolecular Hbond substituents is 1. The van der Waals surface area contributed by atoms with Crippen molar-refractivity contribution in [2.75, 3.05) is 25.1 Å². The average Bonchev–Trinajstić information content (AvgIpc) is 2.43. The van der Waals surface area contributed by atoms with Crippen molar-refractivity contribution in [3.63, 3.8) is 0 Å². The standard InChI is InChI=1S/C15H21NO3/c1-4-12(15(18)19-3)9-10-16(5-2)13-7-6-8-14(17)11-13/h6-9,11,17H,4-5,10H2,1-3H3/b12-9-. The second-order valence-corrected chi connectivity index (χ2v) is 4.13. The van der Waals surface area contributed by atoms with Crippen LogP contribution in [0.2, 0.25) is 0 Å². The van der Waals surface area contributed by atoms with Crippen molar-refractivity contribution in [2.24, 2.45) is 0 Å². The Hall–Kier alpha value is -1.97. The van der Waals surface area contributed by atoms with Gasteiger partial charge < -0.3 is 14.7 Å². The molecule has 0 heterocycles. The number of carbonyl (C=O) groups is 1. The van der Waals surface area contributed by atoms with E-state index in [1.165, 1.54) is 7.11 Å². The number of carbonyl (C=O) groups excluding carboxylic acids is 1. The van der Waals surface area contributed by atoms with Crippen LogP contribution >= 0.6 is 0 Å². The van der Waals surface area contributed by atoms with Gasteiger partial charge in [0.25, 0.3) is 0 Å². The molecule has 0 aliphatic heterocycles. The predicted octanol–water partition coefficient (Wildman–Crippen LogP) is 2.73. The normalized spacial score (nSPS) is 11.2. The molecule has 0 bridgehead atoms. The van der Waals surface area contributed by atoms with E-state index in [0.717, 1.165) is 12.2 Å². The van der Waals surface area contributed by atoms with E-state index in [0.29, 0.717) is 18.5 Å². The number of nitrogens with zero attached hydrogens (tertiary/aromatic N) is 1. The van der Waals surface area contributed by atoms with Crippen LogP contribution < -0.4 is 4.90 Å². The molecule has 0 spiro atoms. The summed E-state index contributed by atoms with van der Waals surface area (Å²) < 4.78 is 4.73. The summed E-state index contributed by atoms with van der Waals surface area (Å²) in [7, 11) is 1.39. The van der Waals surface area contributed by atoms with Crippen LogP contribution in [0.4, 0.5) is 5.69 Å². The Kier molecular flexibility index (Phi) is 5.93. The Balaban J connectivity index is 2.82. The van der Waals surface area contributed by atoms with Gasteiger partial charge in [-0.3, -0.25) is 0 Å². The lowest BCUT2D eigenvalue weighted by molar-refractivity contribution is -0.136. The minimum Gasteiger partial charge on any atom is -0.508 e. The van der Waals surface area contributed by atoms with Crippen LogP contribution in [0.5, 0.6) is 5.75 Å². The van der Waals surface area contributed by atoms with Gasteiger partial charge in [-0.1, -0.05) is 19.1 Å². The summed E-state index contributed by atoms with van der Waals surface area (Å²) in [6, 6.07) is 7.08. The van der Waals surface area contributed by atoms with E-state index in [1.54, 1.807) is 18.2 Å². The van der Waals surface area contributed by atoms with Crippen molar-refractivity contribution in [1.29, 1.82) is 0 Å². The van der Waals surface area contributed by atoms with Gasteiger partial charge in [0.1, 0.15) is 5.75 Å². The molecule has 1 aromatic rings. The Labute approximate surface area is 114 Å². The first kappa shape index (κ1) is 15.1. The number of rotatable bonds is 6. The van der Waals surface area contributed by atoms with Crippen LogP contribution in [0, 0.1) is 0 Å². The van der Waals surface area contributed by atoms with Gasteiger partial charge in [-0.05, 0) is 25.5 Å². The number of ether oxygens (including phenoxy) is 1. The van der Waals surface area contributed by atoms with Gasteiger partial charge in [-0.15, -0.1) is 0 Å². The van der Waals surface area contributed by atoms with Crippen molar-refractivity contribution >= 4 is 11.7 Å². The Morgan fingerprint density at radius 3 is 2.68 bits per heavy atom. The summed E-state index contributed by atoms with van der Waals surface area (Å²) in [5, 5.41) is 9.49. The third-order valence-electron chi connectivity index (χ3n) is 2.96. The first-order chi connectivity index (χ1) is 9.12. The summed E-state index contributed by atoms with van der Waals surface area (Å²) in [5.74, 6) is -0.0434. The zero-order valence-corrected chi connectivity index (χ0v) is 11.7. The quantitative estimate of drug-likeness (QED) is 0.633. The highest BCUT2D eigenvalue weighted by atomic mass is 16.5. The first-order valence-corrected chi connectivity index (χ1v) is 6.43. The fourth-order valence-corrected chi connectivity index (χ4v) is 1.83. The molecule has 0 aromatic heterocycles. The van der Waals surface area contributed by atoms with Gasteiger partial charge in [0.15, 0.2) is 0 Å². The molecule has 1 aromatic carbocycles. The van der Waals surface area contributed by atoms with Crippen LogP contribution in [-0.2, 0) is 9.53 Å². The van der Waals surface area contributed by atoms with Gasteiger partial charge in [0.2, 0.25) is 0 Å². The Morgan fingerprint density at radius 2 is 2.16 bits per heavy atom. The number of likely N-dealkylation sites (N-methyl/N-ethyl adjacent to an activating group) is 1. The fourth-order valence-electron chi connectivity index (χ4n) is 1.83. The third-order valence-corrected chi connectivity index (χ3v) is 2.96. The molecule has 0 atom stereocenters. The summed E-state index contributed by atoms with van der Waals surface area (Å²) >= 11 is 0. The third kappa shape index (κ3) is 4.32.